The summed E-state index contributed by atoms with van der Waals surface area (Å²) in [6, 6.07) is 10.5. The zero-order valence-corrected chi connectivity index (χ0v) is 12.0. The molecule has 0 amide bonds. The van der Waals surface area contributed by atoms with Crippen LogP contribution < -0.4 is 5.32 Å². The number of aliphatic hydroxyl groups is 1. The molecular formula is C17H25NO. The number of hydrogen-bond donors (Lipinski definition) is 2. The number of hydrogen-bond acceptors (Lipinski definition) is 2. The topological polar surface area (TPSA) is 32.3 Å². The highest BCUT2D eigenvalue weighted by Crippen LogP contribution is 2.60. The smallest absolute Gasteiger partial charge is 0.0614 e. The molecule has 0 saturated heterocycles. The van der Waals surface area contributed by atoms with E-state index in [0.717, 1.165) is 19.0 Å². The summed E-state index contributed by atoms with van der Waals surface area (Å²) >= 11 is 0. The van der Waals surface area contributed by atoms with Crippen LogP contribution in [0.3, 0.4) is 0 Å². The fourth-order valence-corrected chi connectivity index (χ4v) is 4.07. The quantitative estimate of drug-likeness (QED) is 0.871. The summed E-state index contributed by atoms with van der Waals surface area (Å²) in [5, 5.41) is 14.0. The van der Waals surface area contributed by atoms with Crippen LogP contribution in [0.5, 0.6) is 0 Å². The van der Waals surface area contributed by atoms with E-state index in [1.165, 1.54) is 18.4 Å². The molecule has 3 aliphatic carbocycles. The second-order valence-corrected chi connectivity index (χ2v) is 6.96. The summed E-state index contributed by atoms with van der Waals surface area (Å²) in [7, 11) is 0. The molecule has 0 heterocycles. The van der Waals surface area contributed by atoms with Gasteiger partial charge in [-0.15, -0.1) is 0 Å². The van der Waals surface area contributed by atoms with Crippen molar-refractivity contribution in [2.24, 2.45) is 23.2 Å². The summed E-state index contributed by atoms with van der Waals surface area (Å²) in [4.78, 5) is 0. The van der Waals surface area contributed by atoms with E-state index in [1.807, 2.05) is 6.07 Å². The lowest BCUT2D eigenvalue weighted by atomic mass is 9.45. The first kappa shape index (κ1) is 13.1. The average molecular weight is 259 g/mol. The van der Waals surface area contributed by atoms with Gasteiger partial charge in [0.25, 0.3) is 0 Å². The number of nitrogens with one attached hydrogen (secondary N) is 1. The molecule has 2 heteroatoms. The Hall–Kier alpha value is -0.860. The van der Waals surface area contributed by atoms with Gasteiger partial charge in [0.2, 0.25) is 0 Å². The van der Waals surface area contributed by atoms with Crippen LogP contribution in [0.2, 0.25) is 0 Å². The second kappa shape index (κ2) is 4.92. The molecule has 19 heavy (non-hydrogen) atoms. The Morgan fingerprint density at radius 3 is 2.58 bits per heavy atom. The molecule has 0 aliphatic heterocycles. The summed E-state index contributed by atoms with van der Waals surface area (Å²) in [6.45, 7) is 6.49. The molecule has 3 fully saturated rings. The maximum Gasteiger partial charge on any atom is 0.0614 e. The van der Waals surface area contributed by atoms with E-state index in [9.17, 15) is 5.11 Å². The van der Waals surface area contributed by atoms with E-state index in [0.29, 0.717) is 17.3 Å². The van der Waals surface area contributed by atoms with Gasteiger partial charge in [-0.25, -0.2) is 0 Å². The molecule has 2 N–H and O–H groups in total. The molecule has 104 valence electrons. The average Bonchev–Trinajstić information content (AvgIpc) is 2.41. The van der Waals surface area contributed by atoms with Crippen molar-refractivity contribution in [3.63, 3.8) is 0 Å². The van der Waals surface area contributed by atoms with Crippen LogP contribution in [0.15, 0.2) is 30.3 Å². The first-order chi connectivity index (χ1) is 9.09. The van der Waals surface area contributed by atoms with Crippen LogP contribution >= 0.6 is 0 Å². The van der Waals surface area contributed by atoms with Crippen LogP contribution in [0.1, 0.15) is 32.3 Å². The van der Waals surface area contributed by atoms with Crippen LogP contribution in [-0.4, -0.2) is 17.8 Å². The molecule has 0 spiro atoms. The zero-order chi connectivity index (χ0) is 13.5. The lowest BCUT2D eigenvalue weighted by Gasteiger charge is -2.61. The molecule has 3 saturated carbocycles. The number of fused-ring (bicyclic) bond motifs is 2. The summed E-state index contributed by atoms with van der Waals surface area (Å²) in [5.74, 6) is 1.79. The minimum absolute atomic E-state index is 0.108. The van der Waals surface area contributed by atoms with Gasteiger partial charge in [-0.1, -0.05) is 44.2 Å². The standard InChI is InChI=1S/C17H25NO/c1-17(2)14-8-13(16(19)15(17)9-14)11-18-10-12-6-4-3-5-7-12/h3-7,13-16,18-19H,8-11H2,1-2H3/t13-,14+,15+,16-/m1/s1. The minimum atomic E-state index is -0.108. The molecule has 1 aromatic rings. The van der Waals surface area contributed by atoms with Crippen molar-refractivity contribution in [2.75, 3.05) is 6.54 Å². The van der Waals surface area contributed by atoms with Crippen LogP contribution in [0.4, 0.5) is 0 Å². The highest BCUT2D eigenvalue weighted by atomic mass is 16.3. The van der Waals surface area contributed by atoms with Crippen LogP contribution in [0, 0.1) is 23.2 Å². The van der Waals surface area contributed by atoms with Crippen LogP contribution in [-0.2, 0) is 6.54 Å². The normalized spacial score (nSPS) is 35.7. The Balaban J connectivity index is 1.50. The van der Waals surface area contributed by atoms with Crippen molar-refractivity contribution < 1.29 is 5.11 Å². The number of rotatable bonds is 4. The van der Waals surface area contributed by atoms with Crippen LogP contribution in [0.25, 0.3) is 0 Å². The van der Waals surface area contributed by atoms with E-state index in [4.69, 9.17) is 0 Å². The van der Waals surface area contributed by atoms with E-state index >= 15 is 0 Å². The lowest BCUT2D eigenvalue weighted by Crippen LogP contribution is -2.59. The van der Waals surface area contributed by atoms with Crippen molar-refractivity contribution in [3.05, 3.63) is 35.9 Å². The van der Waals surface area contributed by atoms with Gasteiger partial charge < -0.3 is 10.4 Å². The van der Waals surface area contributed by atoms with Gasteiger partial charge in [0.1, 0.15) is 0 Å². The largest absolute Gasteiger partial charge is 0.392 e. The van der Waals surface area contributed by atoms with Gasteiger partial charge in [-0.05, 0) is 41.6 Å². The van der Waals surface area contributed by atoms with Crippen molar-refractivity contribution >= 4 is 0 Å². The maximum absolute atomic E-state index is 10.5. The van der Waals surface area contributed by atoms with E-state index in [-0.39, 0.29) is 6.10 Å². The maximum atomic E-state index is 10.5. The molecule has 3 aliphatic rings. The van der Waals surface area contributed by atoms with Gasteiger partial charge in [-0.3, -0.25) is 0 Å². The third kappa shape index (κ3) is 2.32. The Morgan fingerprint density at radius 1 is 1.21 bits per heavy atom. The van der Waals surface area contributed by atoms with Crippen molar-refractivity contribution in [3.8, 4) is 0 Å². The molecule has 1 aromatic carbocycles. The first-order valence-electron chi connectivity index (χ1n) is 7.51. The molecular weight excluding hydrogens is 234 g/mol. The van der Waals surface area contributed by atoms with E-state index in [2.05, 4.69) is 43.4 Å². The fourth-order valence-electron chi connectivity index (χ4n) is 4.07. The minimum Gasteiger partial charge on any atom is -0.392 e. The Kier molecular flexibility index (Phi) is 3.40. The Morgan fingerprint density at radius 2 is 1.95 bits per heavy atom. The molecule has 4 rings (SSSR count). The van der Waals surface area contributed by atoms with E-state index < -0.39 is 0 Å². The zero-order valence-electron chi connectivity index (χ0n) is 12.0. The van der Waals surface area contributed by atoms with Crippen molar-refractivity contribution in [2.45, 2.75) is 39.3 Å². The summed E-state index contributed by atoms with van der Waals surface area (Å²) in [5.41, 5.74) is 1.69. The van der Waals surface area contributed by atoms with E-state index in [1.54, 1.807) is 0 Å². The third-order valence-corrected chi connectivity index (χ3v) is 5.61. The monoisotopic (exact) mass is 259 g/mol. The van der Waals surface area contributed by atoms with Gasteiger partial charge in [0, 0.05) is 13.1 Å². The van der Waals surface area contributed by atoms with Crippen molar-refractivity contribution in [1.82, 2.24) is 5.32 Å². The number of aliphatic hydroxyl groups excluding tert-OH is 1. The molecule has 0 radical (unpaired) electrons. The summed E-state index contributed by atoms with van der Waals surface area (Å²) < 4.78 is 0. The molecule has 2 nitrogen and oxygen atoms in total. The molecule has 2 bridgehead atoms. The van der Waals surface area contributed by atoms with Crippen molar-refractivity contribution in [1.29, 1.82) is 0 Å². The summed E-state index contributed by atoms with van der Waals surface area (Å²) in [6.07, 6.45) is 2.32. The molecule has 0 unspecified atom stereocenters. The predicted molar refractivity (Wildman–Crippen MR) is 77.6 cm³/mol. The van der Waals surface area contributed by atoms with Gasteiger partial charge >= 0.3 is 0 Å². The Labute approximate surface area is 116 Å². The third-order valence-electron chi connectivity index (χ3n) is 5.61. The lowest BCUT2D eigenvalue weighted by molar-refractivity contribution is -0.168. The highest BCUT2D eigenvalue weighted by Gasteiger charge is 2.57. The second-order valence-electron chi connectivity index (χ2n) is 6.96. The number of benzene rings is 1. The predicted octanol–water partition coefficient (Wildman–Crippen LogP) is 2.82. The van der Waals surface area contributed by atoms with Gasteiger partial charge in [0.15, 0.2) is 0 Å². The molecule has 0 aromatic heterocycles. The first-order valence-corrected chi connectivity index (χ1v) is 7.51. The highest BCUT2D eigenvalue weighted by molar-refractivity contribution is 5.14. The molecule has 4 atom stereocenters. The SMILES string of the molecule is CC1(C)[C@H]2C[C@H](CNCc3ccccc3)[C@@H](O)[C@@H]1C2. The fraction of sp³-hybridized carbons (Fsp3) is 0.647. The Bertz CT molecular complexity index is 428. The van der Waals surface area contributed by atoms with Gasteiger partial charge in [-0.2, -0.15) is 0 Å². The van der Waals surface area contributed by atoms with Gasteiger partial charge in [0.05, 0.1) is 6.10 Å².